The van der Waals surface area contributed by atoms with E-state index in [2.05, 4.69) is 51.8 Å². The highest BCUT2D eigenvalue weighted by atomic mass is 15.3. The molecule has 0 radical (unpaired) electrons. The average molecular weight is 254 g/mol. The fraction of sp³-hybridized carbons (Fsp3) is 1.00. The molecule has 2 heteroatoms. The van der Waals surface area contributed by atoms with Crippen LogP contribution in [0.1, 0.15) is 67.2 Å². The van der Waals surface area contributed by atoms with Gasteiger partial charge < -0.3 is 5.32 Å². The second-order valence-electron chi connectivity index (χ2n) is 7.47. The van der Waals surface area contributed by atoms with Gasteiger partial charge in [-0.2, -0.15) is 0 Å². The maximum absolute atomic E-state index is 3.75. The quantitative estimate of drug-likeness (QED) is 0.805. The molecule has 0 aromatic carbocycles. The molecule has 108 valence electrons. The van der Waals surface area contributed by atoms with Crippen molar-refractivity contribution in [3.05, 3.63) is 0 Å². The van der Waals surface area contributed by atoms with Gasteiger partial charge in [0.25, 0.3) is 0 Å². The Kier molecular flexibility index (Phi) is 5.67. The van der Waals surface area contributed by atoms with Crippen LogP contribution in [0.15, 0.2) is 0 Å². The van der Waals surface area contributed by atoms with Crippen molar-refractivity contribution in [3.8, 4) is 0 Å². The highest BCUT2D eigenvalue weighted by molar-refractivity contribution is 4.95. The summed E-state index contributed by atoms with van der Waals surface area (Å²) >= 11 is 0. The number of nitrogens with one attached hydrogen (secondary N) is 1. The van der Waals surface area contributed by atoms with Crippen LogP contribution in [-0.2, 0) is 0 Å². The number of hydrogen-bond donors (Lipinski definition) is 1. The van der Waals surface area contributed by atoms with Crippen LogP contribution in [0, 0.1) is 5.41 Å². The largest absolute Gasteiger partial charge is 0.311 e. The second-order valence-corrected chi connectivity index (χ2v) is 7.47. The minimum atomic E-state index is 0.357. The smallest absolute Gasteiger partial charge is 0.0303 e. The Bertz CT molecular complexity index is 244. The van der Waals surface area contributed by atoms with Crippen LogP contribution in [-0.4, -0.2) is 36.1 Å². The summed E-state index contributed by atoms with van der Waals surface area (Å²) in [5.74, 6) is 0. The third-order valence-electron chi connectivity index (χ3n) is 4.51. The Morgan fingerprint density at radius 3 is 2.44 bits per heavy atom. The van der Waals surface area contributed by atoms with Crippen molar-refractivity contribution in [2.24, 2.45) is 5.41 Å². The first-order valence-electron chi connectivity index (χ1n) is 7.79. The number of rotatable bonds is 5. The summed E-state index contributed by atoms with van der Waals surface area (Å²) in [6.07, 6.45) is 5.13. The van der Waals surface area contributed by atoms with E-state index in [0.29, 0.717) is 17.0 Å². The van der Waals surface area contributed by atoms with Gasteiger partial charge in [0.15, 0.2) is 0 Å². The Morgan fingerprint density at radius 1 is 1.28 bits per heavy atom. The predicted molar refractivity (Wildman–Crippen MR) is 81.0 cm³/mol. The molecule has 1 heterocycles. The molecule has 18 heavy (non-hydrogen) atoms. The lowest BCUT2D eigenvalue weighted by Gasteiger charge is -2.48. The lowest BCUT2D eigenvalue weighted by atomic mass is 9.87. The fourth-order valence-electron chi connectivity index (χ4n) is 2.75. The fourth-order valence-corrected chi connectivity index (χ4v) is 2.75. The van der Waals surface area contributed by atoms with Gasteiger partial charge in [-0.25, -0.2) is 0 Å². The molecule has 0 amide bonds. The van der Waals surface area contributed by atoms with E-state index >= 15 is 0 Å². The van der Waals surface area contributed by atoms with E-state index in [1.807, 2.05) is 0 Å². The molecule has 0 saturated carbocycles. The van der Waals surface area contributed by atoms with Gasteiger partial charge in [0.2, 0.25) is 0 Å². The molecule has 1 fully saturated rings. The molecule has 1 aliphatic rings. The van der Waals surface area contributed by atoms with Gasteiger partial charge in [-0.1, -0.05) is 41.0 Å². The van der Waals surface area contributed by atoms with E-state index in [-0.39, 0.29) is 0 Å². The molecule has 1 aliphatic heterocycles. The first kappa shape index (κ1) is 16.0. The number of nitrogens with zero attached hydrogens (tertiary/aromatic N) is 1. The van der Waals surface area contributed by atoms with Gasteiger partial charge in [0.1, 0.15) is 0 Å². The maximum Gasteiger partial charge on any atom is 0.0303 e. The van der Waals surface area contributed by atoms with Gasteiger partial charge in [0.05, 0.1) is 0 Å². The van der Waals surface area contributed by atoms with Crippen molar-refractivity contribution in [2.75, 3.05) is 19.6 Å². The van der Waals surface area contributed by atoms with Crippen LogP contribution >= 0.6 is 0 Å². The lowest BCUT2D eigenvalue weighted by molar-refractivity contribution is 0.0380. The number of piperazine rings is 1. The minimum absolute atomic E-state index is 0.357. The third-order valence-corrected chi connectivity index (χ3v) is 4.51. The van der Waals surface area contributed by atoms with Crippen molar-refractivity contribution in [1.29, 1.82) is 0 Å². The molecule has 1 N–H and O–H groups in total. The molecule has 1 rings (SSSR count). The first-order chi connectivity index (χ1) is 8.30. The molecular formula is C16H34N2. The summed E-state index contributed by atoms with van der Waals surface area (Å²) < 4.78 is 0. The van der Waals surface area contributed by atoms with Crippen molar-refractivity contribution < 1.29 is 0 Å². The van der Waals surface area contributed by atoms with Crippen LogP contribution < -0.4 is 5.32 Å². The first-order valence-corrected chi connectivity index (χ1v) is 7.79. The van der Waals surface area contributed by atoms with E-state index in [4.69, 9.17) is 0 Å². The van der Waals surface area contributed by atoms with Crippen LogP contribution in [0.2, 0.25) is 0 Å². The van der Waals surface area contributed by atoms with E-state index in [1.54, 1.807) is 0 Å². The highest BCUT2D eigenvalue weighted by Gasteiger charge is 2.36. The zero-order valence-electron chi connectivity index (χ0n) is 13.5. The average Bonchev–Trinajstić information content (AvgIpc) is 2.29. The molecule has 0 aromatic rings. The third kappa shape index (κ3) is 4.55. The van der Waals surface area contributed by atoms with Crippen molar-refractivity contribution in [2.45, 2.75) is 78.8 Å². The summed E-state index contributed by atoms with van der Waals surface area (Å²) in [5, 5.41) is 3.75. The van der Waals surface area contributed by atoms with Crippen molar-refractivity contribution in [3.63, 3.8) is 0 Å². The minimum Gasteiger partial charge on any atom is -0.311 e. The van der Waals surface area contributed by atoms with Crippen LogP contribution in [0.25, 0.3) is 0 Å². The normalized spacial score (nSPS) is 30.7. The van der Waals surface area contributed by atoms with Gasteiger partial charge in [-0.3, -0.25) is 4.90 Å². The summed E-state index contributed by atoms with van der Waals surface area (Å²) in [6.45, 7) is 17.7. The predicted octanol–water partition coefficient (Wildman–Crippen LogP) is 3.67. The molecule has 2 unspecified atom stereocenters. The van der Waals surface area contributed by atoms with Crippen LogP contribution in [0.5, 0.6) is 0 Å². The standard InChI is InChI=1S/C16H34N2/c1-7-9-14-12-18(11-10-15(3,4)5)16(6,8-2)13-17-14/h14,17H,7-13H2,1-6H3. The Balaban J connectivity index is 2.61. The van der Waals surface area contributed by atoms with E-state index < -0.39 is 0 Å². The van der Waals surface area contributed by atoms with Gasteiger partial charge in [-0.15, -0.1) is 0 Å². The molecule has 0 aromatic heterocycles. The van der Waals surface area contributed by atoms with Crippen LogP contribution in [0.4, 0.5) is 0 Å². The molecule has 0 aliphatic carbocycles. The van der Waals surface area contributed by atoms with E-state index in [1.165, 1.54) is 38.8 Å². The Labute approximate surface area is 115 Å². The zero-order valence-corrected chi connectivity index (χ0v) is 13.5. The summed E-state index contributed by atoms with van der Waals surface area (Å²) in [6, 6.07) is 0.703. The summed E-state index contributed by atoms with van der Waals surface area (Å²) in [4.78, 5) is 2.75. The SMILES string of the molecule is CCCC1CN(CCC(C)(C)C)C(C)(CC)CN1. The summed E-state index contributed by atoms with van der Waals surface area (Å²) in [5.41, 5.74) is 0.801. The molecule has 0 spiro atoms. The van der Waals surface area contributed by atoms with E-state index in [0.717, 1.165) is 6.54 Å². The lowest BCUT2D eigenvalue weighted by Crippen LogP contribution is -2.63. The van der Waals surface area contributed by atoms with Crippen molar-refractivity contribution in [1.82, 2.24) is 10.2 Å². The van der Waals surface area contributed by atoms with Gasteiger partial charge in [0, 0.05) is 24.7 Å². The van der Waals surface area contributed by atoms with Crippen LogP contribution in [0.3, 0.4) is 0 Å². The maximum atomic E-state index is 3.75. The Morgan fingerprint density at radius 2 is 1.94 bits per heavy atom. The molecule has 2 nitrogen and oxygen atoms in total. The second kappa shape index (κ2) is 6.38. The van der Waals surface area contributed by atoms with Crippen molar-refractivity contribution >= 4 is 0 Å². The summed E-state index contributed by atoms with van der Waals surface area (Å²) in [7, 11) is 0. The monoisotopic (exact) mass is 254 g/mol. The molecule has 0 bridgehead atoms. The van der Waals surface area contributed by atoms with E-state index in [9.17, 15) is 0 Å². The molecular weight excluding hydrogens is 220 g/mol. The van der Waals surface area contributed by atoms with Gasteiger partial charge >= 0.3 is 0 Å². The highest BCUT2D eigenvalue weighted by Crippen LogP contribution is 2.27. The number of hydrogen-bond acceptors (Lipinski definition) is 2. The molecule has 1 saturated heterocycles. The topological polar surface area (TPSA) is 15.3 Å². The zero-order chi connectivity index (χ0) is 13.8. The molecule has 2 atom stereocenters. The Hall–Kier alpha value is -0.0800. The van der Waals surface area contributed by atoms with Gasteiger partial charge in [-0.05, 0) is 38.1 Å².